The summed E-state index contributed by atoms with van der Waals surface area (Å²) in [5, 5.41) is 0.319. The second-order valence-corrected chi connectivity index (χ2v) is 8.95. The Balaban J connectivity index is 2.37. The van der Waals surface area contributed by atoms with Gasteiger partial charge in [0.1, 0.15) is 0 Å². The van der Waals surface area contributed by atoms with Gasteiger partial charge in [0.15, 0.2) is 0 Å². The number of anilines is 1. The Morgan fingerprint density at radius 2 is 2.05 bits per heavy atom. The van der Waals surface area contributed by atoms with E-state index >= 15 is 0 Å². The normalized spacial score (nSPS) is 23.5. The molecule has 0 spiro atoms. The van der Waals surface area contributed by atoms with E-state index in [-0.39, 0.29) is 10.9 Å². The Morgan fingerprint density at radius 1 is 1.38 bits per heavy atom. The minimum atomic E-state index is -3.62. The lowest BCUT2D eigenvalue weighted by Crippen LogP contribution is -2.39. The lowest BCUT2D eigenvalue weighted by atomic mass is 9.87. The number of rotatable bonds is 3. The van der Waals surface area contributed by atoms with E-state index in [4.69, 9.17) is 17.3 Å². The molecule has 7 heteroatoms. The number of halogens is 2. The molecule has 1 saturated carbocycles. The van der Waals surface area contributed by atoms with Gasteiger partial charge in [0.05, 0.1) is 9.37 Å². The van der Waals surface area contributed by atoms with Crippen LogP contribution in [0.3, 0.4) is 0 Å². The number of nitrogens with zero attached hydrogens (tertiary/aromatic N) is 1. The van der Waals surface area contributed by atoms with Crippen molar-refractivity contribution in [3.8, 4) is 0 Å². The van der Waals surface area contributed by atoms with Gasteiger partial charge in [-0.2, -0.15) is 4.31 Å². The lowest BCUT2D eigenvalue weighted by molar-refractivity contribution is 0.239. The molecule has 1 aromatic rings. The molecule has 0 aliphatic heterocycles. The highest BCUT2D eigenvalue weighted by Crippen LogP contribution is 2.35. The van der Waals surface area contributed by atoms with Crippen LogP contribution in [0.2, 0.25) is 5.02 Å². The summed E-state index contributed by atoms with van der Waals surface area (Å²) < 4.78 is 27.5. The van der Waals surface area contributed by atoms with E-state index in [1.165, 1.54) is 16.4 Å². The van der Waals surface area contributed by atoms with E-state index in [2.05, 4.69) is 22.9 Å². The maximum atomic E-state index is 12.8. The molecule has 1 fully saturated rings. The molecule has 1 aromatic carbocycles. The zero-order chi connectivity index (χ0) is 15.8. The van der Waals surface area contributed by atoms with Crippen LogP contribution in [0.4, 0.5) is 5.69 Å². The SMILES string of the molecule is CC1CCCC(N(C)S(=O)(=O)c2cc(Cl)cc(N)c2Br)C1. The largest absolute Gasteiger partial charge is 0.398 e. The maximum absolute atomic E-state index is 12.8. The third kappa shape index (κ3) is 3.55. The number of hydrogen-bond acceptors (Lipinski definition) is 3. The molecule has 1 aliphatic carbocycles. The first-order valence-corrected chi connectivity index (χ1v) is 9.57. The molecule has 2 atom stereocenters. The summed E-state index contributed by atoms with van der Waals surface area (Å²) in [6.45, 7) is 2.17. The molecule has 0 aromatic heterocycles. The van der Waals surface area contributed by atoms with Gasteiger partial charge in [-0.3, -0.25) is 0 Å². The molecule has 2 unspecified atom stereocenters. The number of nitrogens with two attached hydrogens (primary N) is 1. The van der Waals surface area contributed by atoms with Crippen molar-refractivity contribution in [3.63, 3.8) is 0 Å². The summed E-state index contributed by atoms with van der Waals surface area (Å²) in [6.07, 6.45) is 4.01. The van der Waals surface area contributed by atoms with E-state index in [9.17, 15) is 8.42 Å². The third-order valence-corrected chi connectivity index (χ3v) is 7.41. The first kappa shape index (κ1) is 17.1. The summed E-state index contributed by atoms with van der Waals surface area (Å²) in [5.41, 5.74) is 6.13. The van der Waals surface area contributed by atoms with Crippen LogP contribution >= 0.6 is 27.5 Å². The molecular formula is C14H20BrClN2O2S. The molecule has 1 aliphatic rings. The van der Waals surface area contributed by atoms with Crippen LogP contribution in [0.5, 0.6) is 0 Å². The maximum Gasteiger partial charge on any atom is 0.244 e. The molecule has 2 rings (SSSR count). The van der Waals surface area contributed by atoms with Crippen molar-refractivity contribution in [1.29, 1.82) is 0 Å². The van der Waals surface area contributed by atoms with E-state index in [0.717, 1.165) is 25.7 Å². The lowest BCUT2D eigenvalue weighted by Gasteiger charge is -2.33. The molecule has 0 amide bonds. The first-order valence-electron chi connectivity index (χ1n) is 6.96. The van der Waals surface area contributed by atoms with Gasteiger partial charge < -0.3 is 5.73 Å². The Bertz CT molecular complexity index is 636. The van der Waals surface area contributed by atoms with Crippen molar-refractivity contribution >= 4 is 43.2 Å². The zero-order valence-corrected chi connectivity index (χ0v) is 15.3. The van der Waals surface area contributed by atoms with Crippen LogP contribution in [0, 0.1) is 5.92 Å². The summed E-state index contributed by atoms with van der Waals surface area (Å²) in [7, 11) is -1.98. The number of benzene rings is 1. The van der Waals surface area contributed by atoms with Crippen molar-refractivity contribution < 1.29 is 8.42 Å². The van der Waals surface area contributed by atoms with Crippen LogP contribution in [-0.2, 0) is 10.0 Å². The molecule has 2 N–H and O–H groups in total. The quantitative estimate of drug-likeness (QED) is 0.790. The van der Waals surface area contributed by atoms with E-state index in [1.54, 1.807) is 7.05 Å². The molecule has 21 heavy (non-hydrogen) atoms. The van der Waals surface area contributed by atoms with E-state index in [0.29, 0.717) is 21.1 Å². The van der Waals surface area contributed by atoms with Gasteiger partial charge in [-0.1, -0.05) is 31.4 Å². The van der Waals surface area contributed by atoms with Crippen LogP contribution in [0.1, 0.15) is 32.6 Å². The predicted molar refractivity (Wildman–Crippen MR) is 89.9 cm³/mol. The molecule has 4 nitrogen and oxygen atoms in total. The Labute approximate surface area is 139 Å². The molecule has 0 heterocycles. The van der Waals surface area contributed by atoms with Gasteiger partial charge in [0.2, 0.25) is 10.0 Å². The third-order valence-electron chi connectivity index (χ3n) is 4.11. The average molecular weight is 396 g/mol. The topological polar surface area (TPSA) is 63.4 Å². The summed E-state index contributed by atoms with van der Waals surface area (Å²) in [5.74, 6) is 0.550. The van der Waals surface area contributed by atoms with Crippen LogP contribution in [0.15, 0.2) is 21.5 Å². The number of hydrogen-bond donors (Lipinski definition) is 1. The van der Waals surface area contributed by atoms with Crippen molar-refractivity contribution in [1.82, 2.24) is 4.31 Å². The number of nitrogen functional groups attached to an aromatic ring is 1. The van der Waals surface area contributed by atoms with Crippen molar-refractivity contribution in [2.45, 2.75) is 43.5 Å². The van der Waals surface area contributed by atoms with Crippen LogP contribution in [-0.4, -0.2) is 25.8 Å². The fraction of sp³-hybridized carbons (Fsp3) is 0.571. The van der Waals surface area contributed by atoms with Gasteiger partial charge in [-0.05, 0) is 46.8 Å². The fourth-order valence-corrected chi connectivity index (χ4v) is 5.50. The van der Waals surface area contributed by atoms with E-state index < -0.39 is 10.0 Å². The second kappa shape index (κ2) is 6.44. The minimum absolute atomic E-state index is 0.0332. The highest BCUT2D eigenvalue weighted by Gasteiger charge is 2.32. The molecule has 0 bridgehead atoms. The highest BCUT2D eigenvalue weighted by molar-refractivity contribution is 9.10. The van der Waals surface area contributed by atoms with E-state index in [1.807, 2.05) is 0 Å². The van der Waals surface area contributed by atoms with Gasteiger partial charge in [-0.15, -0.1) is 0 Å². The van der Waals surface area contributed by atoms with Gasteiger partial charge in [0.25, 0.3) is 0 Å². The first-order chi connectivity index (χ1) is 9.73. The summed E-state index contributed by atoms with van der Waals surface area (Å²) >= 11 is 9.22. The predicted octanol–water partition coefficient (Wildman–Crippen LogP) is 3.88. The fourth-order valence-electron chi connectivity index (χ4n) is 2.86. The van der Waals surface area contributed by atoms with Gasteiger partial charge >= 0.3 is 0 Å². The van der Waals surface area contributed by atoms with Gasteiger partial charge in [-0.25, -0.2) is 8.42 Å². The second-order valence-electron chi connectivity index (χ2n) is 5.75. The molecule has 118 valence electrons. The molecule has 0 radical (unpaired) electrons. The average Bonchev–Trinajstić information content (AvgIpc) is 2.41. The van der Waals surface area contributed by atoms with Crippen LogP contribution in [0.25, 0.3) is 0 Å². The van der Waals surface area contributed by atoms with Crippen molar-refractivity contribution in [2.24, 2.45) is 5.92 Å². The Hall–Kier alpha value is -0.300. The van der Waals surface area contributed by atoms with Crippen LogP contribution < -0.4 is 5.73 Å². The Morgan fingerprint density at radius 3 is 2.67 bits per heavy atom. The monoisotopic (exact) mass is 394 g/mol. The standard InChI is InChI=1S/C14H20BrClN2O2S/c1-9-4-3-5-11(6-9)18(2)21(19,20)13-8-10(16)7-12(17)14(13)15/h7-9,11H,3-6,17H2,1-2H3. The Kier molecular flexibility index (Phi) is 5.23. The minimum Gasteiger partial charge on any atom is -0.398 e. The summed E-state index contributed by atoms with van der Waals surface area (Å²) in [4.78, 5) is 0.133. The smallest absolute Gasteiger partial charge is 0.244 e. The highest BCUT2D eigenvalue weighted by atomic mass is 79.9. The zero-order valence-electron chi connectivity index (χ0n) is 12.1. The van der Waals surface area contributed by atoms with Gasteiger partial charge in [0, 0.05) is 23.8 Å². The van der Waals surface area contributed by atoms with Crippen molar-refractivity contribution in [3.05, 3.63) is 21.6 Å². The molecular weight excluding hydrogens is 376 g/mol. The summed E-state index contributed by atoms with van der Waals surface area (Å²) in [6, 6.07) is 3.01. The van der Waals surface area contributed by atoms with Crippen molar-refractivity contribution in [2.75, 3.05) is 12.8 Å². The number of sulfonamides is 1. The molecule has 0 saturated heterocycles.